The largest absolute Gasteiger partial charge is 0.379 e. The van der Waals surface area contributed by atoms with E-state index in [1.54, 1.807) is 0 Å². The van der Waals surface area contributed by atoms with Crippen LogP contribution in [0.5, 0.6) is 0 Å². The molecule has 1 aliphatic rings. The van der Waals surface area contributed by atoms with Gasteiger partial charge in [-0.25, -0.2) is 0 Å². The molecule has 1 saturated heterocycles. The minimum atomic E-state index is -1.92. The van der Waals surface area contributed by atoms with Gasteiger partial charge in [0.2, 0.25) is 0 Å². The lowest BCUT2D eigenvalue weighted by molar-refractivity contribution is 0.0746. The van der Waals surface area contributed by atoms with Crippen LogP contribution in [0.4, 0.5) is 11.4 Å². The van der Waals surface area contributed by atoms with Gasteiger partial charge in [-0.05, 0) is 24.3 Å². The molecule has 5 rings (SSSR count). The Morgan fingerprint density at radius 2 is 1.03 bits per heavy atom. The number of nitrogens with zero attached hydrogens (tertiary/aromatic N) is 3. The van der Waals surface area contributed by atoms with Gasteiger partial charge >= 0.3 is 0 Å². The van der Waals surface area contributed by atoms with Gasteiger partial charge in [0.1, 0.15) is 18.0 Å². The Kier molecular flexibility index (Phi) is 6.24. The van der Waals surface area contributed by atoms with Crippen LogP contribution < -0.4 is 20.4 Å². The molecule has 4 aromatic carbocycles. The summed E-state index contributed by atoms with van der Waals surface area (Å²) in [5.41, 5.74) is 2.53. The van der Waals surface area contributed by atoms with Crippen LogP contribution in [0.1, 0.15) is 0 Å². The molecular formula is C29H35N3OP+. The summed E-state index contributed by atoms with van der Waals surface area (Å²) in [6, 6.07) is 27.3. The lowest BCUT2D eigenvalue weighted by Gasteiger charge is -2.37. The van der Waals surface area contributed by atoms with Gasteiger partial charge in [-0.15, -0.1) is 0 Å². The minimum Gasteiger partial charge on any atom is -0.379 e. The summed E-state index contributed by atoms with van der Waals surface area (Å²) in [5, 5.41) is 8.27. The van der Waals surface area contributed by atoms with E-state index in [1.165, 1.54) is 43.5 Å². The summed E-state index contributed by atoms with van der Waals surface area (Å²) in [6.07, 6.45) is 0. The fourth-order valence-corrected chi connectivity index (χ4v) is 9.35. The summed E-state index contributed by atoms with van der Waals surface area (Å²) in [6.45, 7) is 6.01. The quantitative estimate of drug-likeness (QED) is 0.382. The molecule has 4 nitrogen and oxygen atoms in total. The molecule has 0 saturated carbocycles. The van der Waals surface area contributed by atoms with E-state index >= 15 is 0 Å². The highest BCUT2D eigenvalue weighted by Crippen LogP contribution is 2.59. The van der Waals surface area contributed by atoms with Crippen molar-refractivity contribution in [2.45, 2.75) is 0 Å². The van der Waals surface area contributed by atoms with E-state index in [0.717, 1.165) is 26.3 Å². The average molecular weight is 473 g/mol. The lowest BCUT2D eigenvalue weighted by atomic mass is 10.1. The van der Waals surface area contributed by atoms with Crippen LogP contribution in [0, 0.1) is 0 Å². The van der Waals surface area contributed by atoms with E-state index in [0.29, 0.717) is 0 Å². The van der Waals surface area contributed by atoms with Crippen LogP contribution in [0.15, 0.2) is 72.8 Å². The third kappa shape index (κ3) is 3.75. The number of hydrogen-bond acceptors (Lipinski definition) is 4. The molecule has 4 aromatic rings. The van der Waals surface area contributed by atoms with Crippen LogP contribution >= 0.6 is 7.41 Å². The molecule has 176 valence electrons. The first-order valence-electron chi connectivity index (χ1n) is 12.0. The molecule has 34 heavy (non-hydrogen) atoms. The highest BCUT2D eigenvalue weighted by atomic mass is 31.2. The zero-order valence-corrected chi connectivity index (χ0v) is 21.8. The zero-order chi connectivity index (χ0) is 23.9. The number of ether oxygens (including phenoxy) is 1. The third-order valence-corrected chi connectivity index (χ3v) is 11.4. The fourth-order valence-electron chi connectivity index (χ4n) is 5.46. The van der Waals surface area contributed by atoms with Crippen LogP contribution in [0.2, 0.25) is 0 Å². The van der Waals surface area contributed by atoms with Gasteiger partial charge in [-0.3, -0.25) is 0 Å². The first-order valence-corrected chi connectivity index (χ1v) is 14.2. The predicted molar refractivity (Wildman–Crippen MR) is 151 cm³/mol. The van der Waals surface area contributed by atoms with Crippen LogP contribution in [-0.4, -0.2) is 65.8 Å². The topological polar surface area (TPSA) is 19.0 Å². The normalized spacial score (nSPS) is 15.1. The molecule has 1 heterocycles. The van der Waals surface area contributed by atoms with E-state index in [1.807, 2.05) is 0 Å². The second kappa shape index (κ2) is 9.19. The monoisotopic (exact) mass is 472 g/mol. The maximum Gasteiger partial charge on any atom is 0.146 e. The smallest absolute Gasteiger partial charge is 0.146 e. The van der Waals surface area contributed by atoms with Crippen LogP contribution in [-0.2, 0) is 4.74 Å². The van der Waals surface area contributed by atoms with E-state index in [9.17, 15) is 0 Å². The van der Waals surface area contributed by atoms with Gasteiger partial charge in [0.15, 0.2) is 0 Å². The van der Waals surface area contributed by atoms with Crippen molar-refractivity contribution in [3.05, 3.63) is 72.8 Å². The summed E-state index contributed by atoms with van der Waals surface area (Å²) in [5.74, 6) is 0. The fraction of sp³-hybridized carbons (Fsp3) is 0.310. The average Bonchev–Trinajstić information content (AvgIpc) is 2.87. The molecule has 0 spiro atoms. The Morgan fingerprint density at radius 3 is 1.44 bits per heavy atom. The van der Waals surface area contributed by atoms with Crippen molar-refractivity contribution in [3.63, 3.8) is 0 Å². The maximum atomic E-state index is 5.81. The molecule has 0 radical (unpaired) electrons. The maximum absolute atomic E-state index is 5.81. The van der Waals surface area contributed by atoms with Crippen molar-refractivity contribution >= 4 is 50.9 Å². The Morgan fingerprint density at radius 1 is 0.618 bits per heavy atom. The molecular weight excluding hydrogens is 437 g/mol. The first kappa shape index (κ1) is 23.1. The van der Waals surface area contributed by atoms with Crippen molar-refractivity contribution in [3.8, 4) is 0 Å². The SMILES string of the molecule is CN(C)c1ccc([P+](C)(c2ccc(N(C)C)c3ccccc23)N2CCOCC2)c2ccccc12. The number of morpholine rings is 1. The van der Waals surface area contributed by atoms with E-state index < -0.39 is 7.41 Å². The summed E-state index contributed by atoms with van der Waals surface area (Å²) in [4.78, 5) is 4.44. The zero-order valence-electron chi connectivity index (χ0n) is 21.0. The minimum absolute atomic E-state index is 0.789. The Balaban J connectivity index is 1.84. The standard InChI is InChI=1S/C29H35N3OP/c1-30(2)26-14-16-28(24-12-8-6-10-22(24)26)34(5,32-18-20-33-21-19-32)29-17-15-27(31(3)4)23-11-7-9-13-25(23)29/h6-17H,18-21H2,1-5H3/q+1. The van der Waals surface area contributed by atoms with E-state index in [4.69, 9.17) is 4.74 Å². The van der Waals surface area contributed by atoms with Crippen molar-refractivity contribution in [1.29, 1.82) is 0 Å². The molecule has 0 bridgehead atoms. The van der Waals surface area contributed by atoms with E-state index in [2.05, 4.69) is 122 Å². The Bertz CT molecular complexity index is 1240. The first-order chi connectivity index (χ1) is 16.4. The second-order valence-electron chi connectivity index (χ2n) is 9.61. The highest BCUT2D eigenvalue weighted by Gasteiger charge is 2.47. The van der Waals surface area contributed by atoms with E-state index in [-0.39, 0.29) is 0 Å². The molecule has 0 amide bonds. The summed E-state index contributed by atoms with van der Waals surface area (Å²) in [7, 11) is 6.60. The van der Waals surface area contributed by atoms with Gasteiger partial charge in [-0.2, -0.15) is 4.67 Å². The lowest BCUT2D eigenvalue weighted by Crippen LogP contribution is -2.43. The third-order valence-electron chi connectivity index (χ3n) is 7.21. The molecule has 1 aliphatic heterocycles. The number of fused-ring (bicyclic) bond motifs is 2. The van der Waals surface area contributed by atoms with Gasteiger partial charge in [0.05, 0.1) is 33.0 Å². The second-order valence-corrected chi connectivity index (χ2v) is 13.1. The van der Waals surface area contributed by atoms with Gasteiger partial charge in [-0.1, -0.05) is 48.5 Å². The summed E-state index contributed by atoms with van der Waals surface area (Å²) < 4.78 is 8.53. The van der Waals surface area contributed by atoms with Crippen molar-refractivity contribution in [2.75, 3.05) is 71.0 Å². The molecule has 0 aliphatic carbocycles. The molecule has 0 aromatic heterocycles. The molecule has 0 N–H and O–H groups in total. The molecule has 0 unspecified atom stereocenters. The predicted octanol–water partition coefficient (Wildman–Crippen LogP) is 4.97. The molecule has 5 heteroatoms. The van der Waals surface area contributed by atoms with Crippen molar-refractivity contribution in [2.24, 2.45) is 0 Å². The number of rotatable bonds is 5. The van der Waals surface area contributed by atoms with Gasteiger partial charge < -0.3 is 14.5 Å². The van der Waals surface area contributed by atoms with Crippen LogP contribution in [0.3, 0.4) is 0 Å². The molecule has 0 atom stereocenters. The number of hydrogen-bond donors (Lipinski definition) is 0. The number of anilines is 2. The van der Waals surface area contributed by atoms with Crippen molar-refractivity contribution < 1.29 is 4.74 Å². The van der Waals surface area contributed by atoms with Gasteiger partial charge in [0.25, 0.3) is 0 Å². The van der Waals surface area contributed by atoms with Gasteiger partial charge in [0, 0.05) is 61.1 Å². The Labute approximate surface area is 204 Å². The highest BCUT2D eigenvalue weighted by molar-refractivity contribution is 7.87. The Hall–Kier alpha value is -2.65. The molecule has 1 fully saturated rings. The van der Waals surface area contributed by atoms with Crippen LogP contribution in [0.25, 0.3) is 21.5 Å². The summed E-state index contributed by atoms with van der Waals surface area (Å²) >= 11 is 0. The number of benzene rings is 4. The van der Waals surface area contributed by atoms with Crippen molar-refractivity contribution in [1.82, 2.24) is 4.67 Å².